The minimum absolute atomic E-state index is 0.722. The van der Waals surface area contributed by atoms with Gasteiger partial charge in [0.25, 0.3) is 0 Å². The van der Waals surface area contributed by atoms with Gasteiger partial charge in [-0.25, -0.2) is 0 Å². The Labute approximate surface area is 275 Å². The number of ether oxygens (including phenoxy) is 2. The molecule has 12 bridgehead atoms. The number of benzene rings is 4. The maximum absolute atomic E-state index is 6.37. The topological polar surface area (TPSA) is 31.4 Å². The monoisotopic (exact) mass is 616 g/mol. The van der Waals surface area contributed by atoms with Gasteiger partial charge in [-0.05, 0) is 44.5 Å². The van der Waals surface area contributed by atoms with E-state index in [1.54, 1.807) is 0 Å². The van der Waals surface area contributed by atoms with Crippen LogP contribution in [0.5, 0.6) is 0 Å². The van der Waals surface area contributed by atoms with E-state index in [-0.39, 0.29) is 0 Å². The summed E-state index contributed by atoms with van der Waals surface area (Å²) in [4.78, 5) is 10.2. The smallest absolute Gasteiger partial charge is 0.0594 e. The molecule has 6 nitrogen and oxygen atoms in total. The highest BCUT2D eigenvalue weighted by molar-refractivity contribution is 5.28. The van der Waals surface area contributed by atoms with Crippen LogP contribution >= 0.6 is 0 Å². The van der Waals surface area contributed by atoms with Crippen molar-refractivity contribution >= 4 is 0 Å². The van der Waals surface area contributed by atoms with Crippen LogP contribution in [-0.2, 0) is 61.8 Å². The lowest BCUT2D eigenvalue weighted by molar-refractivity contribution is 0.0740. The van der Waals surface area contributed by atoms with E-state index in [9.17, 15) is 0 Å². The maximum Gasteiger partial charge on any atom is 0.0594 e. The van der Waals surface area contributed by atoms with E-state index in [0.717, 1.165) is 105 Å². The van der Waals surface area contributed by atoms with E-state index >= 15 is 0 Å². The van der Waals surface area contributed by atoms with Gasteiger partial charge in [-0.15, -0.1) is 0 Å². The van der Waals surface area contributed by atoms with Crippen LogP contribution in [0.1, 0.15) is 44.5 Å². The van der Waals surface area contributed by atoms with E-state index in [4.69, 9.17) is 9.47 Å². The molecule has 0 aromatic heterocycles. The lowest BCUT2D eigenvalue weighted by atomic mass is 10.1. The van der Waals surface area contributed by atoms with Crippen molar-refractivity contribution in [1.82, 2.24) is 19.6 Å². The second-order valence-electron chi connectivity index (χ2n) is 13.3. The van der Waals surface area contributed by atoms with Crippen molar-refractivity contribution < 1.29 is 9.47 Å². The molecule has 0 aliphatic carbocycles. The van der Waals surface area contributed by atoms with Gasteiger partial charge in [-0.3, -0.25) is 19.6 Å². The number of rotatable bonds is 0. The van der Waals surface area contributed by atoms with Crippen molar-refractivity contribution in [2.24, 2.45) is 0 Å². The summed E-state index contributed by atoms with van der Waals surface area (Å²) in [6.45, 7) is 13.7. The molecule has 0 atom stereocenters. The predicted octanol–water partition coefficient (Wildman–Crippen LogP) is 6.07. The Balaban J connectivity index is 1.31. The molecule has 4 aliphatic rings. The highest BCUT2D eigenvalue weighted by Gasteiger charge is 2.16. The highest BCUT2D eigenvalue weighted by atomic mass is 16.5. The molecule has 4 aliphatic heterocycles. The molecule has 4 aromatic carbocycles. The summed E-state index contributed by atoms with van der Waals surface area (Å²) in [6, 6.07) is 36.8. The number of fused-ring (bicyclic) bond motifs is 8. The fraction of sp³-hybridized carbons (Fsp3) is 0.400. The van der Waals surface area contributed by atoms with Crippen molar-refractivity contribution in [2.45, 2.75) is 52.4 Å². The standard InChI is InChI=1S/C40H48N4O2/c1-5-33-21-34(6-1)26-42-14-18-46-19-15-43-29-37-9-2-7-35(22-37)27-41(25-33)13-17-45-20-16-44(30-38-10-3-8-36(23-38)28-42)32-40-12-4-11-39(24-40)31-43/h1-12,21-24H,13-20,25-32H2. The summed E-state index contributed by atoms with van der Waals surface area (Å²) in [6.07, 6.45) is 0. The van der Waals surface area contributed by atoms with Gasteiger partial charge >= 0.3 is 0 Å². The third-order valence-corrected chi connectivity index (χ3v) is 9.42. The Morgan fingerprint density at radius 3 is 0.696 bits per heavy atom. The largest absolute Gasteiger partial charge is 0.379 e. The minimum Gasteiger partial charge on any atom is -0.379 e. The molecule has 240 valence electrons. The van der Waals surface area contributed by atoms with Crippen LogP contribution in [0.3, 0.4) is 0 Å². The molecule has 0 spiro atoms. The first-order valence-corrected chi connectivity index (χ1v) is 17.1. The van der Waals surface area contributed by atoms with Crippen molar-refractivity contribution in [1.29, 1.82) is 0 Å². The maximum atomic E-state index is 6.37. The Morgan fingerprint density at radius 2 is 0.500 bits per heavy atom. The Morgan fingerprint density at radius 1 is 0.304 bits per heavy atom. The molecule has 0 saturated carbocycles. The van der Waals surface area contributed by atoms with Crippen molar-refractivity contribution in [3.05, 3.63) is 142 Å². The first-order valence-electron chi connectivity index (χ1n) is 17.1. The van der Waals surface area contributed by atoms with Gasteiger partial charge in [-0.2, -0.15) is 0 Å². The third kappa shape index (κ3) is 8.91. The van der Waals surface area contributed by atoms with E-state index in [1.807, 2.05) is 0 Å². The quantitative estimate of drug-likeness (QED) is 0.239. The molecule has 8 rings (SSSR count). The molecule has 6 heteroatoms. The van der Waals surface area contributed by atoms with Gasteiger partial charge in [-0.1, -0.05) is 97.1 Å². The average Bonchev–Trinajstić information content (AvgIpc) is 3.04. The molecular weight excluding hydrogens is 568 g/mol. The van der Waals surface area contributed by atoms with E-state index < -0.39 is 0 Å². The summed E-state index contributed by atoms with van der Waals surface area (Å²) >= 11 is 0. The third-order valence-electron chi connectivity index (χ3n) is 9.42. The normalized spacial score (nSPS) is 24.7. The van der Waals surface area contributed by atoms with Crippen LogP contribution in [-0.4, -0.2) is 72.2 Å². The van der Waals surface area contributed by atoms with Gasteiger partial charge in [0.2, 0.25) is 0 Å². The number of hydrogen-bond donors (Lipinski definition) is 0. The molecule has 0 fully saturated rings. The SMILES string of the molecule is c1cc2cc(c1)CN1CCOCCN3Cc4cccc(c4)CN(CCOCCN(Cc4cccc(c4)C1)Cc1cccc(c1)C3)C2. The minimum atomic E-state index is 0.722. The molecule has 46 heavy (non-hydrogen) atoms. The van der Waals surface area contributed by atoms with Gasteiger partial charge < -0.3 is 9.47 Å². The molecule has 4 heterocycles. The fourth-order valence-corrected chi connectivity index (χ4v) is 7.21. The van der Waals surface area contributed by atoms with Crippen molar-refractivity contribution in [3.8, 4) is 0 Å². The van der Waals surface area contributed by atoms with Crippen LogP contribution in [0.25, 0.3) is 0 Å². The first kappa shape index (κ1) is 31.3. The molecule has 0 saturated heterocycles. The summed E-state index contributed by atoms with van der Waals surface area (Å²) < 4.78 is 12.7. The Hall–Kier alpha value is -3.36. The zero-order valence-corrected chi connectivity index (χ0v) is 27.2. The first-order chi connectivity index (χ1) is 22.7. The van der Waals surface area contributed by atoms with Crippen molar-refractivity contribution in [2.75, 3.05) is 52.6 Å². The summed E-state index contributed by atoms with van der Waals surface area (Å²) in [5.74, 6) is 0. The molecular formula is C40H48N4O2. The number of nitrogens with zero attached hydrogens (tertiary/aromatic N) is 4. The molecule has 0 unspecified atom stereocenters. The highest BCUT2D eigenvalue weighted by Crippen LogP contribution is 2.20. The van der Waals surface area contributed by atoms with E-state index in [2.05, 4.69) is 117 Å². The molecule has 4 aromatic rings. The van der Waals surface area contributed by atoms with Gasteiger partial charge in [0.05, 0.1) is 26.4 Å². The second kappa shape index (κ2) is 15.5. The number of hydrogen-bond acceptors (Lipinski definition) is 6. The van der Waals surface area contributed by atoms with Crippen LogP contribution in [0.15, 0.2) is 97.1 Å². The summed E-state index contributed by atoms with van der Waals surface area (Å²) in [5, 5.41) is 0. The zero-order chi connectivity index (χ0) is 31.0. The lowest BCUT2D eigenvalue weighted by Gasteiger charge is -2.28. The molecule has 0 radical (unpaired) electrons. The fourth-order valence-electron chi connectivity index (χ4n) is 7.21. The second-order valence-corrected chi connectivity index (χ2v) is 13.3. The van der Waals surface area contributed by atoms with Crippen LogP contribution in [0.4, 0.5) is 0 Å². The van der Waals surface area contributed by atoms with Crippen LogP contribution in [0, 0.1) is 0 Å². The van der Waals surface area contributed by atoms with E-state index in [1.165, 1.54) is 44.5 Å². The van der Waals surface area contributed by atoms with E-state index in [0.29, 0.717) is 0 Å². The predicted molar refractivity (Wildman–Crippen MR) is 184 cm³/mol. The van der Waals surface area contributed by atoms with Crippen molar-refractivity contribution in [3.63, 3.8) is 0 Å². The summed E-state index contributed by atoms with van der Waals surface area (Å²) in [7, 11) is 0. The van der Waals surface area contributed by atoms with Gasteiger partial charge in [0, 0.05) is 78.5 Å². The van der Waals surface area contributed by atoms with Gasteiger partial charge in [0.1, 0.15) is 0 Å². The lowest BCUT2D eigenvalue weighted by Crippen LogP contribution is -2.32. The Kier molecular flexibility index (Phi) is 10.5. The average molecular weight is 617 g/mol. The van der Waals surface area contributed by atoms with Crippen LogP contribution < -0.4 is 0 Å². The summed E-state index contributed by atoms with van der Waals surface area (Å²) in [5.41, 5.74) is 10.8. The Bertz CT molecular complexity index is 1260. The zero-order valence-electron chi connectivity index (χ0n) is 27.2. The van der Waals surface area contributed by atoms with Gasteiger partial charge in [0.15, 0.2) is 0 Å². The van der Waals surface area contributed by atoms with Crippen LogP contribution in [0.2, 0.25) is 0 Å². The molecule has 0 N–H and O–H groups in total. The molecule has 0 amide bonds.